The Kier molecular flexibility index (Phi) is 3.82. The molecule has 2 N–H and O–H groups in total. The highest BCUT2D eigenvalue weighted by Crippen LogP contribution is 2.26. The third-order valence-electron chi connectivity index (χ3n) is 1.77. The highest BCUT2D eigenvalue weighted by molar-refractivity contribution is 7.11. The van der Waals surface area contributed by atoms with Crippen molar-refractivity contribution >= 4 is 17.3 Å². The monoisotopic (exact) mass is 228 g/mol. The molecule has 0 unspecified atom stereocenters. The molecule has 0 amide bonds. The van der Waals surface area contributed by atoms with E-state index < -0.39 is 5.97 Å². The highest BCUT2D eigenvalue weighted by atomic mass is 32.1. The molecule has 5 heteroatoms. The van der Waals surface area contributed by atoms with Gasteiger partial charge < -0.3 is 10.4 Å². The van der Waals surface area contributed by atoms with Crippen LogP contribution in [0.4, 0.5) is 0 Å². The van der Waals surface area contributed by atoms with E-state index in [0.717, 1.165) is 9.88 Å². The number of carboxylic acid groups (broad SMARTS) is 1. The van der Waals surface area contributed by atoms with Crippen LogP contribution in [0.15, 0.2) is 6.20 Å². The van der Waals surface area contributed by atoms with Gasteiger partial charge in [0, 0.05) is 23.0 Å². The molecular formula is C10H16N2O2S. The molecular weight excluding hydrogens is 212 g/mol. The summed E-state index contributed by atoms with van der Waals surface area (Å²) in [6, 6.07) is 0. The predicted octanol–water partition coefficient (Wildman–Crippen LogP) is 1.61. The third-order valence-corrected chi connectivity index (χ3v) is 3.19. The lowest BCUT2D eigenvalue weighted by Gasteiger charge is -2.13. The minimum Gasteiger partial charge on any atom is -0.480 e. The summed E-state index contributed by atoms with van der Waals surface area (Å²) in [5, 5.41) is 12.4. The SMILES string of the molecule is CC(C)(C)c1ncc(CNCC(=O)O)s1. The maximum atomic E-state index is 10.3. The standard InChI is InChI=1S/C10H16N2O2S/c1-10(2,3)9-12-5-7(15-9)4-11-6-8(13)14/h5,11H,4,6H2,1-3H3,(H,13,14). The van der Waals surface area contributed by atoms with Gasteiger partial charge in [0.05, 0.1) is 11.6 Å². The quantitative estimate of drug-likeness (QED) is 0.822. The van der Waals surface area contributed by atoms with Crippen LogP contribution in [-0.2, 0) is 16.8 Å². The summed E-state index contributed by atoms with van der Waals surface area (Å²) in [5.41, 5.74) is 0.0652. The lowest BCUT2D eigenvalue weighted by molar-refractivity contribution is -0.135. The molecule has 0 fully saturated rings. The van der Waals surface area contributed by atoms with Crippen molar-refractivity contribution in [2.75, 3.05) is 6.54 Å². The number of rotatable bonds is 4. The summed E-state index contributed by atoms with van der Waals surface area (Å²) in [5.74, 6) is -0.837. The molecule has 15 heavy (non-hydrogen) atoms. The molecule has 0 radical (unpaired) electrons. The maximum Gasteiger partial charge on any atom is 0.317 e. The van der Waals surface area contributed by atoms with Gasteiger partial charge in [-0.15, -0.1) is 11.3 Å². The van der Waals surface area contributed by atoms with E-state index in [1.165, 1.54) is 0 Å². The van der Waals surface area contributed by atoms with E-state index in [1.807, 2.05) is 0 Å². The average Bonchev–Trinajstić information content (AvgIpc) is 2.51. The number of thiazole rings is 1. The second-order valence-electron chi connectivity index (χ2n) is 4.38. The maximum absolute atomic E-state index is 10.3. The van der Waals surface area contributed by atoms with Crippen LogP contribution in [-0.4, -0.2) is 22.6 Å². The predicted molar refractivity (Wildman–Crippen MR) is 60.2 cm³/mol. The molecule has 0 saturated heterocycles. The Hall–Kier alpha value is -0.940. The zero-order chi connectivity index (χ0) is 11.5. The molecule has 4 nitrogen and oxygen atoms in total. The van der Waals surface area contributed by atoms with Crippen molar-refractivity contribution in [3.05, 3.63) is 16.1 Å². The summed E-state index contributed by atoms with van der Waals surface area (Å²) >= 11 is 1.62. The summed E-state index contributed by atoms with van der Waals surface area (Å²) in [6.45, 7) is 6.89. The van der Waals surface area contributed by atoms with Crippen LogP contribution >= 0.6 is 11.3 Å². The number of aliphatic carboxylic acids is 1. The van der Waals surface area contributed by atoms with Crippen molar-refractivity contribution in [1.29, 1.82) is 0 Å². The van der Waals surface area contributed by atoms with Crippen molar-refractivity contribution in [3.63, 3.8) is 0 Å². The summed E-state index contributed by atoms with van der Waals surface area (Å²) < 4.78 is 0. The third kappa shape index (κ3) is 3.97. The number of hydrogen-bond donors (Lipinski definition) is 2. The second kappa shape index (κ2) is 4.72. The number of carbonyl (C=O) groups is 1. The van der Waals surface area contributed by atoms with Gasteiger partial charge in [0.2, 0.25) is 0 Å². The minimum absolute atomic E-state index is 0.0112. The topological polar surface area (TPSA) is 62.2 Å². The number of nitrogens with zero attached hydrogens (tertiary/aromatic N) is 1. The molecule has 0 atom stereocenters. The zero-order valence-corrected chi connectivity index (χ0v) is 10.0. The van der Waals surface area contributed by atoms with E-state index >= 15 is 0 Å². The lowest BCUT2D eigenvalue weighted by Crippen LogP contribution is -2.21. The highest BCUT2D eigenvalue weighted by Gasteiger charge is 2.17. The van der Waals surface area contributed by atoms with Crippen molar-refractivity contribution in [1.82, 2.24) is 10.3 Å². The lowest BCUT2D eigenvalue weighted by atomic mass is 9.98. The van der Waals surface area contributed by atoms with Gasteiger partial charge in [0.15, 0.2) is 0 Å². The molecule has 0 bridgehead atoms. The molecule has 0 aliphatic rings. The van der Waals surface area contributed by atoms with Crippen LogP contribution in [0, 0.1) is 0 Å². The molecule has 0 aromatic carbocycles. The average molecular weight is 228 g/mol. The van der Waals surface area contributed by atoms with Crippen LogP contribution in [0.1, 0.15) is 30.7 Å². The second-order valence-corrected chi connectivity index (χ2v) is 5.49. The van der Waals surface area contributed by atoms with Crippen molar-refractivity contribution in [2.45, 2.75) is 32.7 Å². The van der Waals surface area contributed by atoms with Gasteiger partial charge in [-0.25, -0.2) is 4.98 Å². The number of aromatic nitrogens is 1. The van der Waals surface area contributed by atoms with Gasteiger partial charge in [0.1, 0.15) is 0 Å². The fraction of sp³-hybridized carbons (Fsp3) is 0.600. The van der Waals surface area contributed by atoms with Crippen LogP contribution < -0.4 is 5.32 Å². The Balaban J connectivity index is 2.50. The van der Waals surface area contributed by atoms with Crippen molar-refractivity contribution < 1.29 is 9.90 Å². The molecule has 1 heterocycles. The first-order valence-corrected chi connectivity index (χ1v) is 5.59. The Morgan fingerprint density at radius 2 is 2.27 bits per heavy atom. The van der Waals surface area contributed by atoms with Crippen LogP contribution in [0.5, 0.6) is 0 Å². The van der Waals surface area contributed by atoms with E-state index in [0.29, 0.717) is 6.54 Å². The Morgan fingerprint density at radius 3 is 2.73 bits per heavy atom. The normalized spacial score (nSPS) is 11.7. The Bertz CT molecular complexity index is 341. The largest absolute Gasteiger partial charge is 0.480 e. The van der Waals surface area contributed by atoms with Gasteiger partial charge in [-0.1, -0.05) is 20.8 Å². The molecule has 1 rings (SSSR count). The van der Waals surface area contributed by atoms with E-state index in [-0.39, 0.29) is 12.0 Å². The van der Waals surface area contributed by atoms with Gasteiger partial charge >= 0.3 is 5.97 Å². The van der Waals surface area contributed by atoms with Crippen LogP contribution in [0.2, 0.25) is 0 Å². The number of nitrogens with one attached hydrogen (secondary N) is 1. The first-order valence-electron chi connectivity index (χ1n) is 4.77. The first kappa shape index (κ1) is 12.1. The van der Waals surface area contributed by atoms with E-state index in [4.69, 9.17) is 5.11 Å². The number of carboxylic acids is 1. The Morgan fingerprint density at radius 1 is 1.60 bits per heavy atom. The summed E-state index contributed by atoms with van der Waals surface area (Å²) in [6.07, 6.45) is 1.81. The molecule has 0 saturated carbocycles. The van der Waals surface area contributed by atoms with Gasteiger partial charge in [-0.3, -0.25) is 4.79 Å². The van der Waals surface area contributed by atoms with E-state index in [9.17, 15) is 4.79 Å². The van der Waals surface area contributed by atoms with Crippen molar-refractivity contribution in [2.24, 2.45) is 0 Å². The molecule has 0 aliphatic heterocycles. The fourth-order valence-corrected chi connectivity index (χ4v) is 1.97. The fourth-order valence-electron chi connectivity index (χ4n) is 1.03. The molecule has 0 spiro atoms. The number of hydrogen-bond acceptors (Lipinski definition) is 4. The van der Waals surface area contributed by atoms with Crippen LogP contribution in [0.3, 0.4) is 0 Å². The zero-order valence-electron chi connectivity index (χ0n) is 9.20. The van der Waals surface area contributed by atoms with Gasteiger partial charge in [0.25, 0.3) is 0 Å². The van der Waals surface area contributed by atoms with Crippen molar-refractivity contribution in [3.8, 4) is 0 Å². The molecule has 1 aromatic heterocycles. The van der Waals surface area contributed by atoms with Gasteiger partial charge in [-0.05, 0) is 0 Å². The Labute approximate surface area is 93.4 Å². The minimum atomic E-state index is -0.837. The first-order chi connectivity index (χ1) is 6.89. The summed E-state index contributed by atoms with van der Waals surface area (Å²) in [4.78, 5) is 15.7. The molecule has 0 aliphatic carbocycles. The van der Waals surface area contributed by atoms with E-state index in [1.54, 1.807) is 17.5 Å². The smallest absolute Gasteiger partial charge is 0.317 e. The van der Waals surface area contributed by atoms with E-state index in [2.05, 4.69) is 31.1 Å². The van der Waals surface area contributed by atoms with Crippen LogP contribution in [0.25, 0.3) is 0 Å². The molecule has 1 aromatic rings. The summed E-state index contributed by atoms with van der Waals surface area (Å²) in [7, 11) is 0. The molecule has 84 valence electrons. The van der Waals surface area contributed by atoms with Gasteiger partial charge in [-0.2, -0.15) is 0 Å².